The Balaban J connectivity index is 2.19. The van der Waals surface area contributed by atoms with Crippen molar-refractivity contribution in [3.63, 3.8) is 0 Å². The Morgan fingerprint density at radius 1 is 0.966 bits per heavy atom. The number of nitrogens with zero attached hydrogens (tertiary/aromatic N) is 1. The zero-order chi connectivity index (χ0) is 21.6. The number of carbonyl (C=O) groups excluding carboxylic acids is 2. The van der Waals surface area contributed by atoms with Crippen molar-refractivity contribution in [2.24, 2.45) is 0 Å². The molecule has 2 aromatic rings. The maximum absolute atomic E-state index is 13.2. The van der Waals surface area contributed by atoms with E-state index in [1.807, 2.05) is 84.0 Å². The molecule has 0 heterocycles. The van der Waals surface area contributed by atoms with Gasteiger partial charge in [-0.05, 0) is 59.1 Å². The minimum atomic E-state index is -0.531. The van der Waals surface area contributed by atoms with Crippen LogP contribution in [0.2, 0.25) is 0 Å². The minimum absolute atomic E-state index is 0.0255. The fraction of sp³-hybridized carbons (Fsp3) is 0.440. The second-order valence-electron chi connectivity index (χ2n) is 8.91. The first-order chi connectivity index (χ1) is 13.5. The molecule has 0 saturated heterocycles. The molecule has 1 N–H and O–H groups in total. The second kappa shape index (κ2) is 9.73. The van der Waals surface area contributed by atoms with Crippen molar-refractivity contribution in [3.05, 3.63) is 70.8 Å². The van der Waals surface area contributed by atoms with Gasteiger partial charge in [0.05, 0.1) is 6.42 Å². The van der Waals surface area contributed by atoms with E-state index in [1.165, 1.54) is 0 Å². The molecule has 1 atom stereocenters. The van der Waals surface area contributed by atoms with Gasteiger partial charge in [-0.25, -0.2) is 0 Å². The van der Waals surface area contributed by atoms with E-state index in [9.17, 15) is 9.59 Å². The Hall–Kier alpha value is -2.62. The minimum Gasteiger partial charge on any atom is -0.350 e. The number of carbonyl (C=O) groups is 2. The van der Waals surface area contributed by atoms with E-state index in [-0.39, 0.29) is 17.4 Å². The molecule has 29 heavy (non-hydrogen) atoms. The van der Waals surface area contributed by atoms with Gasteiger partial charge in [0.2, 0.25) is 11.8 Å². The summed E-state index contributed by atoms with van der Waals surface area (Å²) in [4.78, 5) is 27.7. The van der Waals surface area contributed by atoms with E-state index in [2.05, 4.69) is 11.4 Å². The van der Waals surface area contributed by atoms with Crippen LogP contribution in [0.3, 0.4) is 0 Å². The fourth-order valence-corrected chi connectivity index (χ4v) is 3.49. The van der Waals surface area contributed by atoms with Crippen molar-refractivity contribution < 1.29 is 9.59 Å². The zero-order valence-electron chi connectivity index (χ0n) is 18.6. The lowest BCUT2D eigenvalue weighted by Crippen LogP contribution is -2.53. The molecule has 0 spiro atoms. The summed E-state index contributed by atoms with van der Waals surface area (Å²) >= 11 is 0. The molecular weight excluding hydrogens is 360 g/mol. The van der Waals surface area contributed by atoms with Gasteiger partial charge < -0.3 is 10.2 Å². The van der Waals surface area contributed by atoms with Crippen molar-refractivity contribution in [3.8, 4) is 0 Å². The molecule has 4 nitrogen and oxygen atoms in total. The third-order valence-corrected chi connectivity index (χ3v) is 4.79. The standard InChI is InChI=1S/C25H34N2O2/c1-18-14-19(2)16-22(15-18)17-23(28)27(13-12-21-10-8-7-9-11-21)20(3)24(29)26-25(4,5)6/h7-11,14-16,20H,12-13,17H2,1-6H3,(H,26,29)/t20-/m1/s1. The average Bonchev–Trinajstić information content (AvgIpc) is 2.60. The van der Waals surface area contributed by atoms with Crippen LogP contribution in [-0.2, 0) is 22.4 Å². The van der Waals surface area contributed by atoms with Crippen molar-refractivity contribution >= 4 is 11.8 Å². The summed E-state index contributed by atoms with van der Waals surface area (Å²) in [6.45, 7) is 12.2. The molecule has 0 saturated carbocycles. The highest BCUT2D eigenvalue weighted by Gasteiger charge is 2.28. The van der Waals surface area contributed by atoms with Crippen LogP contribution in [0.4, 0.5) is 0 Å². The van der Waals surface area contributed by atoms with E-state index in [0.717, 1.165) is 22.3 Å². The third kappa shape index (κ3) is 7.37. The smallest absolute Gasteiger partial charge is 0.242 e. The van der Waals surface area contributed by atoms with Gasteiger partial charge in [-0.3, -0.25) is 9.59 Å². The van der Waals surface area contributed by atoms with Gasteiger partial charge in [-0.1, -0.05) is 59.7 Å². The van der Waals surface area contributed by atoms with E-state index in [4.69, 9.17) is 0 Å². The van der Waals surface area contributed by atoms with Gasteiger partial charge in [0.25, 0.3) is 0 Å². The highest BCUT2D eigenvalue weighted by molar-refractivity contribution is 5.88. The average molecular weight is 395 g/mol. The summed E-state index contributed by atoms with van der Waals surface area (Å²) in [5, 5.41) is 3.00. The number of hydrogen-bond donors (Lipinski definition) is 1. The number of amides is 2. The molecule has 0 aliphatic heterocycles. The molecule has 0 aliphatic carbocycles. The summed E-state index contributed by atoms with van der Waals surface area (Å²) in [6, 6.07) is 15.7. The first kappa shape index (κ1) is 22.7. The largest absolute Gasteiger partial charge is 0.350 e. The summed E-state index contributed by atoms with van der Waals surface area (Å²) in [6.07, 6.45) is 1.01. The Kier molecular flexibility index (Phi) is 7.60. The lowest BCUT2D eigenvalue weighted by Gasteiger charge is -2.31. The van der Waals surface area contributed by atoms with Crippen LogP contribution >= 0.6 is 0 Å². The van der Waals surface area contributed by atoms with Crippen molar-refractivity contribution in [1.29, 1.82) is 0 Å². The van der Waals surface area contributed by atoms with E-state index >= 15 is 0 Å². The maximum Gasteiger partial charge on any atom is 0.242 e. The quantitative estimate of drug-likeness (QED) is 0.764. The monoisotopic (exact) mass is 394 g/mol. The topological polar surface area (TPSA) is 49.4 Å². The summed E-state index contributed by atoms with van der Waals surface area (Å²) in [5.41, 5.74) is 4.08. The number of rotatable bonds is 7. The van der Waals surface area contributed by atoms with Gasteiger partial charge in [-0.2, -0.15) is 0 Å². The van der Waals surface area contributed by atoms with E-state index in [1.54, 1.807) is 4.90 Å². The lowest BCUT2D eigenvalue weighted by atomic mass is 10.0. The van der Waals surface area contributed by atoms with Crippen LogP contribution in [0.15, 0.2) is 48.5 Å². The molecule has 0 unspecified atom stereocenters. The predicted octanol–water partition coefficient (Wildman–Crippen LogP) is 4.22. The molecule has 4 heteroatoms. The number of aryl methyl sites for hydroxylation is 2. The summed E-state index contributed by atoms with van der Waals surface area (Å²) in [5.74, 6) is -0.151. The van der Waals surface area contributed by atoms with Crippen LogP contribution in [0.1, 0.15) is 49.9 Å². The summed E-state index contributed by atoms with van der Waals surface area (Å²) in [7, 11) is 0. The SMILES string of the molecule is Cc1cc(C)cc(CC(=O)N(CCc2ccccc2)[C@H](C)C(=O)NC(C)(C)C)c1. The van der Waals surface area contributed by atoms with E-state index in [0.29, 0.717) is 19.4 Å². The number of hydrogen-bond acceptors (Lipinski definition) is 2. The molecule has 0 radical (unpaired) electrons. The first-order valence-electron chi connectivity index (χ1n) is 10.3. The Bertz CT molecular complexity index is 817. The molecule has 2 rings (SSSR count). The Morgan fingerprint density at radius 3 is 2.10 bits per heavy atom. The molecule has 0 fully saturated rings. The number of nitrogens with one attached hydrogen (secondary N) is 1. The molecule has 0 aliphatic rings. The first-order valence-corrected chi connectivity index (χ1v) is 10.3. The highest BCUT2D eigenvalue weighted by atomic mass is 16.2. The van der Waals surface area contributed by atoms with Crippen LogP contribution in [0.5, 0.6) is 0 Å². The summed E-state index contributed by atoms with van der Waals surface area (Å²) < 4.78 is 0. The van der Waals surface area contributed by atoms with Gasteiger partial charge in [0, 0.05) is 12.1 Å². The molecule has 156 valence electrons. The van der Waals surface area contributed by atoms with Gasteiger partial charge in [0.15, 0.2) is 0 Å². The highest BCUT2D eigenvalue weighted by Crippen LogP contribution is 2.14. The Morgan fingerprint density at radius 2 is 1.55 bits per heavy atom. The zero-order valence-corrected chi connectivity index (χ0v) is 18.6. The van der Waals surface area contributed by atoms with Crippen molar-refractivity contribution in [2.75, 3.05) is 6.54 Å². The molecule has 0 aromatic heterocycles. The Labute approximate surface area is 175 Å². The molecule has 2 amide bonds. The number of benzene rings is 2. The second-order valence-corrected chi connectivity index (χ2v) is 8.91. The maximum atomic E-state index is 13.2. The van der Waals surface area contributed by atoms with Crippen molar-refractivity contribution in [1.82, 2.24) is 10.2 Å². The normalized spacial score (nSPS) is 12.3. The van der Waals surface area contributed by atoms with Gasteiger partial charge in [0.1, 0.15) is 6.04 Å². The third-order valence-electron chi connectivity index (χ3n) is 4.79. The van der Waals surface area contributed by atoms with Gasteiger partial charge >= 0.3 is 0 Å². The van der Waals surface area contributed by atoms with Crippen LogP contribution in [0, 0.1) is 13.8 Å². The van der Waals surface area contributed by atoms with Crippen LogP contribution in [-0.4, -0.2) is 34.8 Å². The van der Waals surface area contributed by atoms with Crippen molar-refractivity contribution in [2.45, 2.75) is 66.0 Å². The molecular formula is C25H34N2O2. The van der Waals surface area contributed by atoms with Crippen LogP contribution in [0.25, 0.3) is 0 Å². The lowest BCUT2D eigenvalue weighted by molar-refractivity contribution is -0.140. The predicted molar refractivity (Wildman–Crippen MR) is 119 cm³/mol. The van der Waals surface area contributed by atoms with Crippen LogP contribution < -0.4 is 5.32 Å². The van der Waals surface area contributed by atoms with E-state index < -0.39 is 6.04 Å². The van der Waals surface area contributed by atoms with Gasteiger partial charge in [-0.15, -0.1) is 0 Å². The fourth-order valence-electron chi connectivity index (χ4n) is 3.49. The molecule has 2 aromatic carbocycles. The molecule has 0 bridgehead atoms.